The molecule has 6 heteroatoms. The third-order valence-electron chi connectivity index (χ3n) is 1.07. The lowest BCUT2D eigenvalue weighted by Gasteiger charge is -2.18. The summed E-state index contributed by atoms with van der Waals surface area (Å²) in [5.41, 5.74) is 0. The first-order valence-electron chi connectivity index (χ1n) is 2.98. The van der Waals surface area contributed by atoms with Gasteiger partial charge in [0.15, 0.2) is 0 Å². The van der Waals surface area contributed by atoms with Crippen molar-refractivity contribution in [2.24, 2.45) is 0 Å². The van der Waals surface area contributed by atoms with E-state index < -0.39 is 25.1 Å². The molecule has 0 aromatic carbocycles. The molecule has 0 aromatic heterocycles. The minimum absolute atomic E-state index is 0.698. The van der Waals surface area contributed by atoms with Gasteiger partial charge in [-0.25, -0.2) is 0 Å². The Morgan fingerprint density at radius 1 is 1.17 bits per heavy atom. The first-order chi connectivity index (χ1) is 5.31. The summed E-state index contributed by atoms with van der Waals surface area (Å²) in [5, 5.41) is 0. The summed E-state index contributed by atoms with van der Waals surface area (Å²) in [4.78, 5) is 0. The van der Waals surface area contributed by atoms with Crippen LogP contribution >= 0.6 is 0 Å². The summed E-state index contributed by atoms with van der Waals surface area (Å²) in [5.74, 6) is -4.68. The summed E-state index contributed by atoms with van der Waals surface area (Å²) in [6, 6.07) is 0. The topological polar surface area (TPSA) is 9.23 Å². The van der Waals surface area contributed by atoms with Gasteiger partial charge in [0.25, 0.3) is 0 Å². The third-order valence-corrected chi connectivity index (χ3v) is 1.07. The zero-order chi connectivity index (χ0) is 9.83. The van der Waals surface area contributed by atoms with Gasteiger partial charge in [-0.1, -0.05) is 6.58 Å². The average molecular weight is 190 g/mol. The van der Waals surface area contributed by atoms with Crippen LogP contribution in [-0.4, -0.2) is 18.7 Å². The number of hydrogen-bond acceptors (Lipinski definition) is 1. The van der Waals surface area contributed by atoms with Gasteiger partial charge in [0, 0.05) is 0 Å². The molecule has 0 aliphatic carbocycles. The summed E-state index contributed by atoms with van der Waals surface area (Å²) >= 11 is 0. The van der Waals surface area contributed by atoms with Gasteiger partial charge in [0.2, 0.25) is 0 Å². The molecule has 12 heavy (non-hydrogen) atoms. The van der Waals surface area contributed by atoms with E-state index in [1.165, 1.54) is 0 Å². The highest BCUT2D eigenvalue weighted by Gasteiger charge is 2.56. The lowest BCUT2D eigenvalue weighted by atomic mass is 10.2. The largest absolute Gasteiger partial charge is 0.502 e. The standard InChI is InChI=1S/C6H7F5O/c1-2-12-4-3-5(7,8)6(9,10)11/h2H,1,3-4H2. The fraction of sp³-hybridized carbons (Fsp3) is 0.667. The number of alkyl halides is 5. The van der Waals surface area contributed by atoms with Crippen LogP contribution in [0.1, 0.15) is 6.42 Å². The number of ether oxygens (including phenoxy) is 1. The number of rotatable bonds is 4. The first kappa shape index (κ1) is 11.2. The van der Waals surface area contributed by atoms with Crippen LogP contribution in [0.2, 0.25) is 0 Å². The van der Waals surface area contributed by atoms with Crippen molar-refractivity contribution in [3.63, 3.8) is 0 Å². The monoisotopic (exact) mass is 190 g/mol. The maximum Gasteiger partial charge on any atom is 0.453 e. The Morgan fingerprint density at radius 3 is 2.00 bits per heavy atom. The van der Waals surface area contributed by atoms with Crippen LogP contribution in [0.15, 0.2) is 12.8 Å². The third kappa shape index (κ3) is 3.06. The Bertz CT molecular complexity index is 151. The molecule has 0 amide bonds. The van der Waals surface area contributed by atoms with Crippen molar-refractivity contribution >= 4 is 0 Å². The van der Waals surface area contributed by atoms with Gasteiger partial charge in [-0.05, 0) is 0 Å². The van der Waals surface area contributed by atoms with Gasteiger partial charge in [-0.3, -0.25) is 0 Å². The summed E-state index contributed by atoms with van der Waals surface area (Å²) < 4.78 is 62.5. The second-order valence-corrected chi connectivity index (χ2v) is 1.99. The van der Waals surface area contributed by atoms with Crippen LogP contribution in [0, 0.1) is 0 Å². The van der Waals surface area contributed by atoms with Gasteiger partial charge in [-0.2, -0.15) is 22.0 Å². The van der Waals surface area contributed by atoms with E-state index in [2.05, 4.69) is 11.3 Å². The highest BCUT2D eigenvalue weighted by molar-refractivity contribution is 4.75. The maximum absolute atomic E-state index is 12.0. The summed E-state index contributed by atoms with van der Waals surface area (Å²) in [7, 11) is 0. The Kier molecular flexibility index (Phi) is 3.48. The lowest BCUT2D eigenvalue weighted by Crippen LogP contribution is -2.37. The average Bonchev–Trinajstić information content (AvgIpc) is 1.85. The Labute approximate surface area is 65.8 Å². The van der Waals surface area contributed by atoms with E-state index in [9.17, 15) is 22.0 Å². The zero-order valence-electron chi connectivity index (χ0n) is 6.00. The molecule has 0 atom stereocenters. The van der Waals surface area contributed by atoms with Crippen molar-refractivity contribution < 1.29 is 26.7 Å². The van der Waals surface area contributed by atoms with Gasteiger partial charge in [0.1, 0.15) is 0 Å². The molecule has 0 unspecified atom stereocenters. The molecule has 0 fully saturated rings. The molecule has 0 aromatic rings. The molecule has 0 saturated carbocycles. The predicted octanol–water partition coefficient (Wildman–Crippen LogP) is 2.73. The zero-order valence-corrected chi connectivity index (χ0v) is 6.00. The van der Waals surface area contributed by atoms with Crippen molar-refractivity contribution in [2.45, 2.75) is 18.5 Å². The van der Waals surface area contributed by atoms with Crippen LogP contribution in [0.4, 0.5) is 22.0 Å². The van der Waals surface area contributed by atoms with Gasteiger partial charge >= 0.3 is 12.1 Å². The minimum atomic E-state index is -5.50. The second kappa shape index (κ2) is 3.73. The SMILES string of the molecule is C=COCCC(F)(F)C(F)(F)F. The van der Waals surface area contributed by atoms with Gasteiger partial charge < -0.3 is 4.74 Å². The van der Waals surface area contributed by atoms with Gasteiger partial charge in [-0.15, -0.1) is 0 Å². The smallest absolute Gasteiger partial charge is 0.453 e. The lowest BCUT2D eigenvalue weighted by molar-refractivity contribution is -0.286. The Morgan fingerprint density at radius 2 is 1.67 bits per heavy atom. The fourth-order valence-corrected chi connectivity index (χ4v) is 0.412. The first-order valence-corrected chi connectivity index (χ1v) is 2.98. The molecule has 0 aliphatic heterocycles. The summed E-state index contributed by atoms with van der Waals surface area (Å²) in [6.07, 6.45) is -6.08. The molecule has 0 N–H and O–H groups in total. The minimum Gasteiger partial charge on any atom is -0.502 e. The molecule has 0 radical (unpaired) electrons. The normalized spacial score (nSPS) is 12.8. The summed E-state index contributed by atoms with van der Waals surface area (Å²) in [6.45, 7) is 2.30. The van der Waals surface area contributed by atoms with Crippen LogP contribution < -0.4 is 0 Å². The molecule has 0 bridgehead atoms. The van der Waals surface area contributed by atoms with Crippen LogP contribution in [0.3, 0.4) is 0 Å². The van der Waals surface area contributed by atoms with Crippen LogP contribution in [0.5, 0.6) is 0 Å². The molecule has 0 aliphatic rings. The number of halogens is 5. The molecule has 0 rings (SSSR count). The Hall–Kier alpha value is -0.810. The molecular formula is C6H7F5O. The van der Waals surface area contributed by atoms with Crippen LogP contribution in [-0.2, 0) is 4.74 Å². The van der Waals surface area contributed by atoms with Crippen molar-refractivity contribution in [3.05, 3.63) is 12.8 Å². The van der Waals surface area contributed by atoms with Crippen LogP contribution in [0.25, 0.3) is 0 Å². The maximum atomic E-state index is 12.0. The Balaban J connectivity index is 3.95. The molecule has 72 valence electrons. The fourth-order valence-electron chi connectivity index (χ4n) is 0.412. The second-order valence-electron chi connectivity index (χ2n) is 1.99. The van der Waals surface area contributed by atoms with E-state index in [1.54, 1.807) is 0 Å². The van der Waals surface area contributed by atoms with Crippen molar-refractivity contribution in [1.82, 2.24) is 0 Å². The van der Waals surface area contributed by atoms with E-state index in [0.717, 1.165) is 6.26 Å². The number of hydrogen-bond donors (Lipinski definition) is 0. The van der Waals surface area contributed by atoms with E-state index in [0.29, 0.717) is 0 Å². The highest BCUT2D eigenvalue weighted by atomic mass is 19.4. The van der Waals surface area contributed by atoms with E-state index in [4.69, 9.17) is 0 Å². The van der Waals surface area contributed by atoms with Crippen molar-refractivity contribution in [3.8, 4) is 0 Å². The van der Waals surface area contributed by atoms with E-state index in [-0.39, 0.29) is 0 Å². The quantitative estimate of drug-likeness (QED) is 0.376. The molecule has 0 spiro atoms. The van der Waals surface area contributed by atoms with E-state index >= 15 is 0 Å². The molecule has 0 heterocycles. The highest BCUT2D eigenvalue weighted by Crippen LogP contribution is 2.37. The predicted molar refractivity (Wildman–Crippen MR) is 31.8 cm³/mol. The van der Waals surface area contributed by atoms with Gasteiger partial charge in [0.05, 0.1) is 19.3 Å². The molecule has 0 saturated heterocycles. The van der Waals surface area contributed by atoms with Crippen molar-refractivity contribution in [2.75, 3.05) is 6.61 Å². The van der Waals surface area contributed by atoms with Crippen molar-refractivity contribution in [1.29, 1.82) is 0 Å². The van der Waals surface area contributed by atoms with E-state index in [1.807, 2.05) is 0 Å². The molecule has 1 nitrogen and oxygen atoms in total. The molecular weight excluding hydrogens is 183 g/mol.